The van der Waals surface area contributed by atoms with Gasteiger partial charge in [0, 0.05) is 11.8 Å². The lowest BCUT2D eigenvalue weighted by Crippen LogP contribution is -2.13. The Morgan fingerprint density at radius 1 is 1.03 bits per heavy atom. The Balaban J connectivity index is 1.82. The lowest BCUT2D eigenvalue weighted by Gasteiger charge is -2.10. The van der Waals surface area contributed by atoms with Crippen molar-refractivity contribution in [2.24, 2.45) is 5.10 Å². The minimum absolute atomic E-state index is 0.00899. The summed E-state index contributed by atoms with van der Waals surface area (Å²) in [5, 5.41) is 16.2. The molecule has 0 amide bonds. The van der Waals surface area contributed by atoms with E-state index in [2.05, 4.69) is 15.2 Å². The van der Waals surface area contributed by atoms with Gasteiger partial charge in [-0.25, -0.2) is 8.42 Å². The molecule has 0 bridgehead atoms. The van der Waals surface area contributed by atoms with E-state index in [1.807, 2.05) is 0 Å². The molecule has 0 radical (unpaired) electrons. The van der Waals surface area contributed by atoms with E-state index in [-0.39, 0.29) is 16.3 Å². The minimum Gasteiger partial charge on any atom is -0.497 e. The summed E-state index contributed by atoms with van der Waals surface area (Å²) in [6, 6.07) is 14.4. The smallest absolute Gasteiger partial charge is 0.295 e. The Hall–Kier alpha value is -3.34. The van der Waals surface area contributed by atoms with Gasteiger partial charge in [0.15, 0.2) is 0 Å². The monoisotopic (exact) mass is 494 g/mol. The molecule has 0 fully saturated rings. The maximum Gasteiger partial charge on any atom is 0.295 e. The van der Waals surface area contributed by atoms with Gasteiger partial charge in [0.25, 0.3) is 15.7 Å². The fourth-order valence-electron chi connectivity index (χ4n) is 2.57. The van der Waals surface area contributed by atoms with Crippen molar-refractivity contribution in [3.05, 3.63) is 86.4 Å². The molecule has 0 atom stereocenters. The van der Waals surface area contributed by atoms with Gasteiger partial charge in [0.05, 0.1) is 33.2 Å². The van der Waals surface area contributed by atoms with Gasteiger partial charge in [-0.1, -0.05) is 29.3 Å². The zero-order chi connectivity index (χ0) is 23.3. The van der Waals surface area contributed by atoms with E-state index in [4.69, 9.17) is 27.9 Å². The van der Waals surface area contributed by atoms with Crippen molar-refractivity contribution >= 4 is 56.5 Å². The van der Waals surface area contributed by atoms with Gasteiger partial charge < -0.3 is 4.74 Å². The quantitative estimate of drug-likeness (QED) is 0.253. The van der Waals surface area contributed by atoms with Crippen LogP contribution in [-0.4, -0.2) is 26.7 Å². The number of ether oxygens (including phenoxy) is 1. The SMILES string of the molecule is COc1ccc(NS(=O)(=O)c2ccc(N/N=C/c3ccc(Cl)c(Cl)c3)c([N+](=O)[O-])c2)cc1. The van der Waals surface area contributed by atoms with Gasteiger partial charge in [0.2, 0.25) is 0 Å². The molecule has 0 spiro atoms. The van der Waals surface area contributed by atoms with Gasteiger partial charge in [-0.3, -0.25) is 20.3 Å². The molecule has 12 heteroatoms. The summed E-state index contributed by atoms with van der Waals surface area (Å²) in [4.78, 5) is 10.5. The lowest BCUT2D eigenvalue weighted by molar-refractivity contribution is -0.384. The summed E-state index contributed by atoms with van der Waals surface area (Å²) in [7, 11) is -2.58. The number of halogens is 2. The second kappa shape index (κ2) is 9.86. The molecule has 3 aromatic rings. The summed E-state index contributed by atoms with van der Waals surface area (Å²) >= 11 is 11.8. The zero-order valence-electron chi connectivity index (χ0n) is 16.5. The Morgan fingerprint density at radius 2 is 1.75 bits per heavy atom. The number of hydrazone groups is 1. The molecule has 2 N–H and O–H groups in total. The van der Waals surface area contributed by atoms with Crippen molar-refractivity contribution in [1.29, 1.82) is 0 Å². The molecule has 0 aliphatic carbocycles. The third kappa shape index (κ3) is 5.67. The summed E-state index contributed by atoms with van der Waals surface area (Å²) in [6.45, 7) is 0. The Bertz CT molecular complexity index is 1280. The van der Waals surface area contributed by atoms with Crippen molar-refractivity contribution in [3.63, 3.8) is 0 Å². The molecule has 0 aliphatic rings. The van der Waals surface area contributed by atoms with E-state index < -0.39 is 20.6 Å². The largest absolute Gasteiger partial charge is 0.497 e. The van der Waals surface area contributed by atoms with Crippen LogP contribution in [0, 0.1) is 10.1 Å². The van der Waals surface area contributed by atoms with Gasteiger partial charge in [0.1, 0.15) is 11.4 Å². The molecular weight excluding hydrogens is 479 g/mol. The number of methoxy groups -OCH3 is 1. The first kappa shape index (κ1) is 23.3. The van der Waals surface area contributed by atoms with Crippen molar-refractivity contribution in [1.82, 2.24) is 0 Å². The van der Waals surface area contributed by atoms with Gasteiger partial charge in [-0.2, -0.15) is 5.10 Å². The zero-order valence-corrected chi connectivity index (χ0v) is 18.8. The van der Waals surface area contributed by atoms with E-state index in [9.17, 15) is 18.5 Å². The Morgan fingerprint density at radius 3 is 2.38 bits per heavy atom. The summed E-state index contributed by atoms with van der Waals surface area (Å²) < 4.78 is 32.7. The van der Waals surface area contributed by atoms with E-state index in [0.717, 1.165) is 6.07 Å². The standard InChI is InChI=1S/C20H16Cl2N4O5S/c1-31-15-5-3-14(4-6-15)25-32(29,30)16-7-9-19(20(11-16)26(27)28)24-23-12-13-2-8-17(21)18(22)10-13/h2-12,24-25H,1H3/b23-12+. The highest BCUT2D eigenvalue weighted by atomic mass is 35.5. The van der Waals surface area contributed by atoms with Crippen molar-refractivity contribution in [3.8, 4) is 5.75 Å². The highest BCUT2D eigenvalue weighted by molar-refractivity contribution is 7.92. The second-order valence-electron chi connectivity index (χ2n) is 6.31. The maximum absolute atomic E-state index is 12.7. The molecule has 0 saturated heterocycles. The Kier molecular flexibility index (Phi) is 7.18. The number of nitrogens with one attached hydrogen (secondary N) is 2. The van der Waals surface area contributed by atoms with Crippen LogP contribution in [0.15, 0.2) is 70.7 Å². The van der Waals surface area contributed by atoms with Crippen LogP contribution in [-0.2, 0) is 10.0 Å². The molecule has 0 heterocycles. The van der Waals surface area contributed by atoms with Crippen molar-refractivity contribution < 1.29 is 18.1 Å². The van der Waals surface area contributed by atoms with Crippen molar-refractivity contribution in [2.75, 3.05) is 17.3 Å². The number of benzene rings is 3. The molecule has 3 aromatic carbocycles. The molecule has 0 aliphatic heterocycles. The minimum atomic E-state index is -4.07. The topological polar surface area (TPSA) is 123 Å². The third-order valence-corrected chi connectivity index (χ3v) is 6.28. The first-order valence-corrected chi connectivity index (χ1v) is 11.1. The number of nitro benzene ring substituents is 1. The highest BCUT2D eigenvalue weighted by Gasteiger charge is 2.21. The van der Waals surface area contributed by atoms with Crippen LogP contribution in [0.3, 0.4) is 0 Å². The van der Waals surface area contributed by atoms with Crippen LogP contribution >= 0.6 is 23.2 Å². The number of hydrogen-bond donors (Lipinski definition) is 2. The fourth-order valence-corrected chi connectivity index (χ4v) is 3.95. The van der Waals surface area contributed by atoms with Gasteiger partial charge >= 0.3 is 0 Å². The summed E-state index contributed by atoms with van der Waals surface area (Å²) in [5.74, 6) is 0.556. The van der Waals surface area contributed by atoms with Gasteiger partial charge in [-0.05, 0) is 54.1 Å². The van der Waals surface area contributed by atoms with Crippen LogP contribution in [0.5, 0.6) is 5.75 Å². The summed E-state index contributed by atoms with van der Waals surface area (Å²) in [5.41, 5.74) is 2.97. The molecular formula is C20H16Cl2N4O5S. The molecule has 3 rings (SSSR count). The third-order valence-electron chi connectivity index (χ3n) is 4.16. The Labute approximate surface area is 193 Å². The average molecular weight is 495 g/mol. The second-order valence-corrected chi connectivity index (χ2v) is 8.81. The molecule has 0 saturated carbocycles. The van der Waals surface area contributed by atoms with E-state index in [0.29, 0.717) is 21.4 Å². The maximum atomic E-state index is 12.7. The number of hydrogen-bond acceptors (Lipinski definition) is 7. The van der Waals surface area contributed by atoms with E-state index >= 15 is 0 Å². The van der Waals surface area contributed by atoms with Crippen LogP contribution < -0.4 is 14.9 Å². The predicted molar refractivity (Wildman–Crippen MR) is 125 cm³/mol. The van der Waals surface area contributed by atoms with E-state index in [1.54, 1.807) is 30.3 Å². The number of nitrogens with zero attached hydrogens (tertiary/aromatic N) is 2. The van der Waals surface area contributed by atoms with Crippen LogP contribution in [0.2, 0.25) is 10.0 Å². The number of sulfonamides is 1. The molecule has 0 unspecified atom stereocenters. The van der Waals surface area contributed by atoms with Crippen molar-refractivity contribution in [2.45, 2.75) is 4.90 Å². The summed E-state index contributed by atoms with van der Waals surface area (Å²) in [6.07, 6.45) is 1.39. The number of nitro groups is 1. The van der Waals surface area contributed by atoms with E-state index in [1.165, 1.54) is 37.6 Å². The van der Waals surface area contributed by atoms with Gasteiger partial charge in [-0.15, -0.1) is 0 Å². The predicted octanol–water partition coefficient (Wildman–Crippen LogP) is 5.16. The fraction of sp³-hybridized carbons (Fsp3) is 0.0500. The average Bonchev–Trinajstić information content (AvgIpc) is 2.76. The molecule has 166 valence electrons. The molecule has 32 heavy (non-hydrogen) atoms. The number of anilines is 2. The first-order chi connectivity index (χ1) is 15.2. The van der Waals surface area contributed by atoms with Crippen LogP contribution in [0.25, 0.3) is 0 Å². The molecule has 9 nitrogen and oxygen atoms in total. The van der Waals surface area contributed by atoms with Crippen LogP contribution in [0.4, 0.5) is 17.1 Å². The first-order valence-electron chi connectivity index (χ1n) is 8.89. The lowest BCUT2D eigenvalue weighted by atomic mass is 10.2. The normalized spacial score (nSPS) is 11.3. The molecule has 0 aromatic heterocycles. The highest BCUT2D eigenvalue weighted by Crippen LogP contribution is 2.29. The number of rotatable bonds is 8. The van der Waals surface area contributed by atoms with Crippen LogP contribution in [0.1, 0.15) is 5.56 Å².